The van der Waals surface area contributed by atoms with Gasteiger partial charge in [0.15, 0.2) is 26.3 Å². The third-order valence-corrected chi connectivity index (χ3v) is 3.82. The molecule has 0 saturated carbocycles. The summed E-state index contributed by atoms with van der Waals surface area (Å²) in [5.74, 6) is 1.35. The van der Waals surface area contributed by atoms with Crippen LogP contribution < -0.4 is 0 Å². The average Bonchev–Trinajstić information content (AvgIpc) is 2.05. The fraction of sp³-hybridized carbons (Fsp3) is 0.800. The third-order valence-electron chi connectivity index (χ3n) is 0.969. The predicted octanol–water partition coefficient (Wildman–Crippen LogP) is 1.36. The van der Waals surface area contributed by atoms with Gasteiger partial charge in [-0.15, -0.1) is 0 Å². The molecular weight excluding hydrogens is 261 g/mol. The minimum absolute atomic E-state index is 1.32. The second-order valence-corrected chi connectivity index (χ2v) is 5.95. The lowest BCUT2D eigenvalue weighted by molar-refractivity contribution is -0.0517. The minimum Gasteiger partial charge on any atom is -0.741 e. The van der Waals surface area contributed by atoms with Gasteiger partial charge >= 0.3 is 5.51 Å². The van der Waals surface area contributed by atoms with E-state index < -0.39 is 15.6 Å². The van der Waals surface area contributed by atoms with Gasteiger partial charge in [0.05, 0.1) is 5.75 Å². The predicted molar refractivity (Wildman–Crippen MR) is 50.9 cm³/mol. The Hall–Kier alpha value is 0.140. The van der Waals surface area contributed by atoms with E-state index in [9.17, 15) is 13.2 Å². The van der Waals surface area contributed by atoms with Gasteiger partial charge in [-0.3, -0.25) is 0 Å². The molecule has 1 heterocycles. The summed E-state index contributed by atoms with van der Waals surface area (Å²) >= 11 is 0. The quantitative estimate of drug-likeness (QED) is 0.219. The van der Waals surface area contributed by atoms with E-state index in [0.717, 1.165) is 0 Å². The SMILES string of the molecule is C1=[S+]SCCC1.O=S(=O)([O-])C(F)(F)F. The summed E-state index contributed by atoms with van der Waals surface area (Å²) in [6.07, 6.45) is 2.70. The largest absolute Gasteiger partial charge is 0.741 e. The van der Waals surface area contributed by atoms with Crippen molar-refractivity contribution in [2.24, 2.45) is 0 Å². The van der Waals surface area contributed by atoms with Crippen LogP contribution in [0.4, 0.5) is 13.2 Å². The molecule has 3 nitrogen and oxygen atoms in total. The molecular formula is C5H7F3O3S3. The van der Waals surface area contributed by atoms with Crippen molar-refractivity contribution in [3.63, 3.8) is 0 Å². The normalized spacial score (nSPS) is 17.1. The summed E-state index contributed by atoms with van der Waals surface area (Å²) in [5, 5.41) is 2.27. The van der Waals surface area contributed by atoms with Crippen LogP contribution in [0, 0.1) is 0 Å². The molecule has 0 atom stereocenters. The van der Waals surface area contributed by atoms with Crippen LogP contribution in [0.2, 0.25) is 0 Å². The number of hydrogen-bond acceptors (Lipinski definition) is 4. The molecule has 0 fully saturated rings. The summed E-state index contributed by atoms with van der Waals surface area (Å²) in [6, 6.07) is 0. The van der Waals surface area contributed by atoms with E-state index in [0.29, 0.717) is 0 Å². The highest BCUT2D eigenvalue weighted by Gasteiger charge is 2.36. The van der Waals surface area contributed by atoms with Crippen LogP contribution in [0.15, 0.2) is 0 Å². The molecule has 0 spiro atoms. The minimum atomic E-state index is -6.09. The topological polar surface area (TPSA) is 57.2 Å². The molecule has 0 N–H and O–H groups in total. The summed E-state index contributed by atoms with van der Waals surface area (Å²) in [5.41, 5.74) is -5.65. The van der Waals surface area contributed by atoms with Crippen molar-refractivity contribution >= 4 is 36.7 Å². The molecule has 0 aliphatic carbocycles. The zero-order chi connectivity index (χ0) is 11.2. The summed E-state index contributed by atoms with van der Waals surface area (Å²) in [4.78, 5) is 0. The van der Waals surface area contributed by atoms with Gasteiger partial charge in [0.25, 0.3) is 10.4 Å². The van der Waals surface area contributed by atoms with E-state index in [1.807, 2.05) is 21.2 Å². The van der Waals surface area contributed by atoms with Crippen LogP contribution in [0.1, 0.15) is 12.8 Å². The fourth-order valence-corrected chi connectivity index (χ4v) is 2.33. The van der Waals surface area contributed by atoms with E-state index in [4.69, 9.17) is 13.0 Å². The smallest absolute Gasteiger partial charge is 0.485 e. The van der Waals surface area contributed by atoms with Crippen LogP contribution in [0.3, 0.4) is 0 Å². The van der Waals surface area contributed by atoms with Crippen molar-refractivity contribution in [3.05, 3.63) is 0 Å². The van der Waals surface area contributed by atoms with Gasteiger partial charge in [0.2, 0.25) is 0 Å². The maximum atomic E-state index is 10.7. The second kappa shape index (κ2) is 5.89. The fourth-order valence-electron chi connectivity index (χ4n) is 0.370. The van der Waals surface area contributed by atoms with E-state index >= 15 is 0 Å². The van der Waals surface area contributed by atoms with Gasteiger partial charge in [-0.05, 0) is 6.42 Å². The Morgan fingerprint density at radius 1 is 1.43 bits per heavy atom. The molecule has 84 valence electrons. The molecule has 1 aliphatic rings. The molecule has 0 aromatic rings. The molecule has 0 radical (unpaired) electrons. The highest BCUT2D eigenvalue weighted by molar-refractivity contribution is 8.65. The van der Waals surface area contributed by atoms with E-state index in [-0.39, 0.29) is 0 Å². The lowest BCUT2D eigenvalue weighted by Gasteiger charge is -2.08. The van der Waals surface area contributed by atoms with Gasteiger partial charge in [-0.25, -0.2) is 8.42 Å². The van der Waals surface area contributed by atoms with E-state index in [1.54, 1.807) is 0 Å². The molecule has 9 heteroatoms. The van der Waals surface area contributed by atoms with Crippen molar-refractivity contribution in [1.29, 1.82) is 0 Å². The first-order chi connectivity index (χ1) is 6.25. The van der Waals surface area contributed by atoms with Crippen molar-refractivity contribution in [3.8, 4) is 0 Å². The Kier molecular flexibility index (Phi) is 5.94. The number of halogens is 3. The molecule has 0 bridgehead atoms. The summed E-state index contributed by atoms with van der Waals surface area (Å²) < 4.78 is 58.9. The van der Waals surface area contributed by atoms with Crippen molar-refractivity contribution < 1.29 is 26.1 Å². The van der Waals surface area contributed by atoms with E-state index in [1.165, 1.54) is 18.6 Å². The van der Waals surface area contributed by atoms with E-state index in [2.05, 4.69) is 5.37 Å². The van der Waals surface area contributed by atoms with Gasteiger partial charge in [0, 0.05) is 6.42 Å². The zero-order valence-electron chi connectivity index (χ0n) is 6.78. The highest BCUT2D eigenvalue weighted by atomic mass is 33.1. The maximum Gasteiger partial charge on any atom is 0.485 e. The molecule has 0 unspecified atom stereocenters. The van der Waals surface area contributed by atoms with Gasteiger partial charge in [0.1, 0.15) is 0 Å². The Labute approximate surface area is 87.2 Å². The molecule has 14 heavy (non-hydrogen) atoms. The molecule has 0 saturated heterocycles. The summed E-state index contributed by atoms with van der Waals surface area (Å²) in [7, 11) is -2.25. The van der Waals surface area contributed by atoms with Crippen molar-refractivity contribution in [2.75, 3.05) is 5.75 Å². The Bertz CT molecular complexity index is 274. The van der Waals surface area contributed by atoms with Gasteiger partial charge in [-0.2, -0.15) is 13.2 Å². The van der Waals surface area contributed by atoms with Crippen molar-refractivity contribution in [1.82, 2.24) is 0 Å². The van der Waals surface area contributed by atoms with Crippen molar-refractivity contribution in [2.45, 2.75) is 18.3 Å². The highest BCUT2D eigenvalue weighted by Crippen LogP contribution is 2.20. The van der Waals surface area contributed by atoms with Crippen LogP contribution in [0.5, 0.6) is 0 Å². The number of rotatable bonds is 0. The lowest BCUT2D eigenvalue weighted by Crippen LogP contribution is -2.21. The molecule has 0 aromatic carbocycles. The molecule has 1 aliphatic heterocycles. The monoisotopic (exact) mass is 268 g/mol. The van der Waals surface area contributed by atoms with Crippen LogP contribution >= 0.6 is 10.8 Å². The Morgan fingerprint density at radius 3 is 2.00 bits per heavy atom. The molecule has 0 amide bonds. The first-order valence-electron chi connectivity index (χ1n) is 3.37. The lowest BCUT2D eigenvalue weighted by atomic mass is 10.4. The number of alkyl halides is 3. The Morgan fingerprint density at radius 2 is 1.93 bits per heavy atom. The first kappa shape index (κ1) is 14.1. The summed E-state index contributed by atoms with van der Waals surface area (Å²) in [6.45, 7) is 0. The molecule has 1 rings (SSSR count). The second-order valence-electron chi connectivity index (χ2n) is 2.13. The molecule has 0 aromatic heterocycles. The number of hydrogen-bond donors (Lipinski definition) is 0. The van der Waals surface area contributed by atoms with Gasteiger partial charge in [-0.1, -0.05) is 0 Å². The van der Waals surface area contributed by atoms with Gasteiger partial charge < -0.3 is 4.55 Å². The van der Waals surface area contributed by atoms with Crippen LogP contribution in [-0.2, 0) is 20.5 Å². The van der Waals surface area contributed by atoms with Crippen LogP contribution in [-0.4, -0.2) is 29.6 Å². The third kappa shape index (κ3) is 6.57. The average molecular weight is 268 g/mol. The maximum absolute atomic E-state index is 10.7. The zero-order valence-corrected chi connectivity index (χ0v) is 9.23. The standard InChI is InChI=1S/C4H7S2.CHF3O3S/c1-2-4-6-5-3-1;2-1(3,4)8(5,6)7/h3H,1-2,4H2;(H,5,6,7)/q+1;/p-1. The Balaban J connectivity index is 0.000000249. The van der Waals surface area contributed by atoms with Crippen LogP contribution in [0.25, 0.3) is 0 Å². The first-order valence-corrected chi connectivity index (χ1v) is 7.16.